The smallest absolute Gasteiger partial charge is 0.341 e. The Balaban J connectivity index is 2.87. The Labute approximate surface area is 121 Å². The van der Waals surface area contributed by atoms with Crippen LogP contribution in [-0.2, 0) is 18.3 Å². The van der Waals surface area contributed by atoms with Crippen molar-refractivity contribution in [3.05, 3.63) is 17.5 Å². The third-order valence-electron chi connectivity index (χ3n) is 4.22. The van der Waals surface area contributed by atoms with Gasteiger partial charge in [0.2, 0.25) is 0 Å². The number of carbonyl (C=O) groups is 1. The predicted molar refractivity (Wildman–Crippen MR) is 79.6 cm³/mol. The second kappa shape index (κ2) is 7.43. The zero-order valence-electron chi connectivity index (χ0n) is 13.3. The molecule has 1 N–H and O–H groups in total. The number of ether oxygens (including phenoxy) is 1. The second-order valence-electron chi connectivity index (χ2n) is 5.04. The molecule has 0 saturated carbocycles. The summed E-state index contributed by atoms with van der Waals surface area (Å²) in [5.74, 6) is -0.299. The molecule has 5 nitrogen and oxygen atoms in total. The molecule has 20 heavy (non-hydrogen) atoms. The first-order chi connectivity index (χ1) is 9.53. The van der Waals surface area contributed by atoms with Gasteiger partial charge in [-0.1, -0.05) is 20.8 Å². The Morgan fingerprint density at radius 3 is 2.40 bits per heavy atom. The van der Waals surface area contributed by atoms with Crippen molar-refractivity contribution in [2.75, 3.05) is 6.61 Å². The maximum atomic E-state index is 11.9. The molecule has 0 aliphatic rings. The number of rotatable bonds is 8. The zero-order valence-corrected chi connectivity index (χ0v) is 13.3. The highest BCUT2D eigenvalue weighted by molar-refractivity contribution is 5.90. The van der Waals surface area contributed by atoms with Crippen molar-refractivity contribution in [2.45, 2.75) is 59.0 Å². The van der Waals surface area contributed by atoms with Gasteiger partial charge in [-0.05, 0) is 26.2 Å². The Morgan fingerprint density at radius 1 is 1.30 bits per heavy atom. The minimum atomic E-state index is -0.299. The van der Waals surface area contributed by atoms with Crippen molar-refractivity contribution in [1.29, 1.82) is 0 Å². The summed E-state index contributed by atoms with van der Waals surface area (Å²) in [7, 11) is 1.85. The topological polar surface area (TPSA) is 56.1 Å². The van der Waals surface area contributed by atoms with Gasteiger partial charge in [0.25, 0.3) is 0 Å². The molecule has 1 rings (SSSR count). The van der Waals surface area contributed by atoms with Gasteiger partial charge in [-0.2, -0.15) is 5.10 Å². The molecular formula is C15H27N3O2. The van der Waals surface area contributed by atoms with E-state index in [2.05, 4.69) is 31.2 Å². The summed E-state index contributed by atoms with van der Waals surface area (Å²) >= 11 is 0. The van der Waals surface area contributed by atoms with E-state index in [1.165, 1.54) is 0 Å². The van der Waals surface area contributed by atoms with Crippen LogP contribution in [0.2, 0.25) is 0 Å². The molecule has 0 saturated heterocycles. The highest BCUT2D eigenvalue weighted by Crippen LogP contribution is 2.20. The molecule has 0 bridgehead atoms. The van der Waals surface area contributed by atoms with Crippen LogP contribution < -0.4 is 5.32 Å². The number of hydrogen-bond donors (Lipinski definition) is 1. The standard InChI is InChI=1S/C15H27N3O2/c1-6-15(7-2,8-3)16-11-13-12(10-17-18(13)5)14(19)20-9-4/h10,16H,6-9,11H2,1-5H3. The molecule has 0 amide bonds. The molecule has 0 atom stereocenters. The number of aryl methyl sites for hydroxylation is 1. The molecule has 0 aromatic carbocycles. The molecule has 5 heteroatoms. The summed E-state index contributed by atoms with van der Waals surface area (Å²) in [6, 6.07) is 0. The monoisotopic (exact) mass is 281 g/mol. The van der Waals surface area contributed by atoms with Crippen LogP contribution in [-0.4, -0.2) is 27.9 Å². The van der Waals surface area contributed by atoms with Gasteiger partial charge in [-0.3, -0.25) is 4.68 Å². The van der Waals surface area contributed by atoms with E-state index in [0.717, 1.165) is 25.0 Å². The van der Waals surface area contributed by atoms with Crippen molar-refractivity contribution < 1.29 is 9.53 Å². The largest absolute Gasteiger partial charge is 0.462 e. The summed E-state index contributed by atoms with van der Waals surface area (Å²) in [5.41, 5.74) is 1.55. The number of nitrogens with zero attached hydrogens (tertiary/aromatic N) is 2. The lowest BCUT2D eigenvalue weighted by atomic mass is 9.89. The van der Waals surface area contributed by atoms with E-state index in [1.807, 2.05) is 14.0 Å². The Morgan fingerprint density at radius 2 is 1.90 bits per heavy atom. The Hall–Kier alpha value is -1.36. The molecule has 1 heterocycles. The van der Waals surface area contributed by atoms with Crippen LogP contribution in [0.3, 0.4) is 0 Å². The fraction of sp³-hybridized carbons (Fsp3) is 0.733. The van der Waals surface area contributed by atoms with Crippen LogP contribution in [0.4, 0.5) is 0 Å². The first kappa shape index (κ1) is 16.7. The maximum Gasteiger partial charge on any atom is 0.341 e. The molecule has 1 aromatic rings. The third-order valence-corrected chi connectivity index (χ3v) is 4.22. The van der Waals surface area contributed by atoms with Gasteiger partial charge in [0.05, 0.1) is 18.5 Å². The van der Waals surface area contributed by atoms with Crippen molar-refractivity contribution >= 4 is 5.97 Å². The predicted octanol–water partition coefficient (Wildman–Crippen LogP) is 2.66. The number of esters is 1. The van der Waals surface area contributed by atoms with Gasteiger partial charge in [0, 0.05) is 19.1 Å². The minimum absolute atomic E-state index is 0.121. The number of aromatic nitrogens is 2. The van der Waals surface area contributed by atoms with Gasteiger partial charge in [0.15, 0.2) is 0 Å². The summed E-state index contributed by atoms with van der Waals surface area (Å²) in [6.45, 7) is 9.38. The van der Waals surface area contributed by atoms with Crippen LogP contribution in [0.1, 0.15) is 63.0 Å². The van der Waals surface area contributed by atoms with Crippen LogP contribution in [0.15, 0.2) is 6.20 Å². The lowest BCUT2D eigenvalue weighted by Crippen LogP contribution is -2.43. The van der Waals surface area contributed by atoms with Gasteiger partial charge in [0.1, 0.15) is 5.56 Å². The van der Waals surface area contributed by atoms with Gasteiger partial charge >= 0.3 is 5.97 Å². The molecule has 114 valence electrons. The molecule has 0 aliphatic carbocycles. The van der Waals surface area contributed by atoms with E-state index < -0.39 is 0 Å². The fourth-order valence-corrected chi connectivity index (χ4v) is 2.45. The van der Waals surface area contributed by atoms with Crippen LogP contribution in [0, 0.1) is 0 Å². The van der Waals surface area contributed by atoms with Crippen molar-refractivity contribution in [2.24, 2.45) is 7.05 Å². The second-order valence-corrected chi connectivity index (χ2v) is 5.04. The van der Waals surface area contributed by atoms with E-state index in [-0.39, 0.29) is 11.5 Å². The summed E-state index contributed by atoms with van der Waals surface area (Å²) < 4.78 is 6.81. The van der Waals surface area contributed by atoms with E-state index in [0.29, 0.717) is 18.7 Å². The zero-order chi connectivity index (χ0) is 15.2. The number of nitrogens with one attached hydrogen (secondary N) is 1. The highest BCUT2D eigenvalue weighted by atomic mass is 16.5. The Bertz CT molecular complexity index is 428. The van der Waals surface area contributed by atoms with Gasteiger partial charge < -0.3 is 10.1 Å². The third kappa shape index (κ3) is 3.60. The van der Waals surface area contributed by atoms with Crippen LogP contribution >= 0.6 is 0 Å². The van der Waals surface area contributed by atoms with E-state index >= 15 is 0 Å². The molecule has 0 radical (unpaired) electrons. The number of carbonyl (C=O) groups excluding carboxylic acids is 1. The fourth-order valence-electron chi connectivity index (χ4n) is 2.45. The minimum Gasteiger partial charge on any atom is -0.462 e. The van der Waals surface area contributed by atoms with Gasteiger partial charge in [-0.15, -0.1) is 0 Å². The van der Waals surface area contributed by atoms with Gasteiger partial charge in [-0.25, -0.2) is 4.79 Å². The molecule has 0 fully saturated rings. The molecule has 0 aliphatic heterocycles. The van der Waals surface area contributed by atoms with Crippen LogP contribution in [0.5, 0.6) is 0 Å². The Kier molecular flexibility index (Phi) is 6.20. The first-order valence-corrected chi connectivity index (χ1v) is 7.46. The average molecular weight is 281 g/mol. The van der Waals surface area contributed by atoms with E-state index in [1.54, 1.807) is 10.9 Å². The molecule has 1 aromatic heterocycles. The lowest BCUT2D eigenvalue weighted by molar-refractivity contribution is 0.0524. The number of hydrogen-bond acceptors (Lipinski definition) is 4. The maximum absolute atomic E-state index is 11.9. The normalized spacial score (nSPS) is 11.7. The quantitative estimate of drug-likeness (QED) is 0.744. The molecule has 0 unspecified atom stereocenters. The molecular weight excluding hydrogens is 254 g/mol. The van der Waals surface area contributed by atoms with Crippen molar-refractivity contribution in [1.82, 2.24) is 15.1 Å². The summed E-state index contributed by atoms with van der Waals surface area (Å²) in [4.78, 5) is 11.9. The summed E-state index contributed by atoms with van der Waals surface area (Å²) in [5, 5.41) is 7.77. The van der Waals surface area contributed by atoms with E-state index in [9.17, 15) is 4.79 Å². The van der Waals surface area contributed by atoms with Crippen molar-refractivity contribution in [3.8, 4) is 0 Å². The lowest BCUT2D eigenvalue weighted by Gasteiger charge is -2.32. The molecule has 0 spiro atoms. The van der Waals surface area contributed by atoms with E-state index in [4.69, 9.17) is 4.74 Å². The van der Waals surface area contributed by atoms with Crippen LogP contribution in [0.25, 0.3) is 0 Å². The highest BCUT2D eigenvalue weighted by Gasteiger charge is 2.25. The summed E-state index contributed by atoms with van der Waals surface area (Å²) in [6.07, 6.45) is 4.77. The first-order valence-electron chi connectivity index (χ1n) is 7.46. The SMILES string of the molecule is CCOC(=O)c1cnn(C)c1CNC(CC)(CC)CC. The average Bonchev–Trinajstić information content (AvgIpc) is 2.83. The van der Waals surface area contributed by atoms with Crippen molar-refractivity contribution in [3.63, 3.8) is 0 Å².